The quantitative estimate of drug-likeness (QED) is 0.697. The van der Waals surface area contributed by atoms with Gasteiger partial charge in [-0.15, -0.1) is 0 Å². The Bertz CT molecular complexity index is 336. The van der Waals surface area contributed by atoms with Gasteiger partial charge in [-0.2, -0.15) is 0 Å². The van der Waals surface area contributed by atoms with Crippen LogP contribution in [0, 0.1) is 5.92 Å². The summed E-state index contributed by atoms with van der Waals surface area (Å²) in [5.74, 6) is -0.109. The molecule has 0 aromatic rings. The summed E-state index contributed by atoms with van der Waals surface area (Å²) < 4.78 is 4.80. The Balaban J connectivity index is 2.75. The minimum atomic E-state index is -0.552. The zero-order chi connectivity index (χ0) is 15.2. The topological polar surface area (TPSA) is 67.4 Å². The minimum Gasteiger partial charge on any atom is -0.467 e. The highest BCUT2D eigenvalue weighted by atomic mass is 16.5. The first kappa shape index (κ1) is 17.0. The molecule has 116 valence electrons. The van der Waals surface area contributed by atoms with Crippen molar-refractivity contribution >= 4 is 11.9 Å². The van der Waals surface area contributed by atoms with Crippen molar-refractivity contribution in [1.29, 1.82) is 0 Å². The number of carbonyl (C=O) groups excluding carboxylic acids is 2. The molecular formula is C15H28N2O3. The van der Waals surface area contributed by atoms with Crippen molar-refractivity contribution in [1.82, 2.24) is 10.6 Å². The van der Waals surface area contributed by atoms with E-state index < -0.39 is 11.6 Å². The van der Waals surface area contributed by atoms with Crippen LogP contribution < -0.4 is 10.6 Å². The second-order valence-corrected chi connectivity index (χ2v) is 6.04. The van der Waals surface area contributed by atoms with Crippen molar-refractivity contribution in [3.8, 4) is 0 Å². The Morgan fingerprint density at radius 2 is 2.10 bits per heavy atom. The van der Waals surface area contributed by atoms with Gasteiger partial charge in [0.05, 0.1) is 12.6 Å². The molecular weight excluding hydrogens is 256 g/mol. The minimum absolute atomic E-state index is 0.0621. The number of rotatable bonds is 7. The first-order valence-corrected chi connectivity index (χ1v) is 7.59. The van der Waals surface area contributed by atoms with Gasteiger partial charge < -0.3 is 15.4 Å². The predicted molar refractivity (Wildman–Crippen MR) is 78.3 cm³/mol. The standard InChI is InChI=1S/C15H28N2O3/c1-5-7-15(8-6-9-16-15)14(19)17-12(10-11(2)3)13(18)20-4/h11-12,16H,5-10H2,1-4H3,(H,17,19). The molecule has 1 fully saturated rings. The number of methoxy groups -OCH3 is 1. The van der Waals surface area contributed by atoms with Gasteiger partial charge in [-0.1, -0.05) is 27.2 Å². The predicted octanol–water partition coefficient (Wildman–Crippen LogP) is 1.61. The third-order valence-corrected chi connectivity index (χ3v) is 3.85. The Hall–Kier alpha value is -1.10. The van der Waals surface area contributed by atoms with Gasteiger partial charge >= 0.3 is 5.97 Å². The smallest absolute Gasteiger partial charge is 0.328 e. The van der Waals surface area contributed by atoms with E-state index in [2.05, 4.69) is 17.6 Å². The molecule has 2 atom stereocenters. The molecule has 5 heteroatoms. The summed E-state index contributed by atoms with van der Waals surface area (Å²) in [6.07, 6.45) is 4.17. The third-order valence-electron chi connectivity index (χ3n) is 3.85. The zero-order valence-corrected chi connectivity index (χ0v) is 13.1. The molecule has 1 rings (SSSR count). The summed E-state index contributed by atoms with van der Waals surface area (Å²) in [6.45, 7) is 6.98. The van der Waals surface area contributed by atoms with E-state index in [1.54, 1.807) is 0 Å². The fourth-order valence-corrected chi connectivity index (χ4v) is 2.88. The molecule has 0 bridgehead atoms. The molecule has 0 saturated carbocycles. The fourth-order valence-electron chi connectivity index (χ4n) is 2.88. The fraction of sp³-hybridized carbons (Fsp3) is 0.867. The maximum absolute atomic E-state index is 12.6. The highest BCUT2D eigenvalue weighted by Crippen LogP contribution is 2.25. The molecule has 0 spiro atoms. The average Bonchev–Trinajstić information content (AvgIpc) is 2.86. The van der Waals surface area contributed by atoms with E-state index in [1.807, 2.05) is 13.8 Å². The molecule has 5 nitrogen and oxygen atoms in total. The van der Waals surface area contributed by atoms with Gasteiger partial charge in [0.2, 0.25) is 5.91 Å². The largest absolute Gasteiger partial charge is 0.467 e. The molecule has 2 N–H and O–H groups in total. The van der Waals surface area contributed by atoms with Crippen LogP contribution in [0.4, 0.5) is 0 Å². The highest BCUT2D eigenvalue weighted by molar-refractivity contribution is 5.90. The first-order chi connectivity index (χ1) is 9.45. The third kappa shape index (κ3) is 4.20. The molecule has 1 amide bonds. The lowest BCUT2D eigenvalue weighted by Gasteiger charge is -2.30. The van der Waals surface area contributed by atoms with Crippen molar-refractivity contribution in [2.75, 3.05) is 13.7 Å². The Kier molecular flexibility index (Phi) is 6.46. The van der Waals surface area contributed by atoms with Gasteiger partial charge in [0.25, 0.3) is 0 Å². The number of hydrogen-bond acceptors (Lipinski definition) is 4. The molecule has 1 heterocycles. The van der Waals surface area contributed by atoms with E-state index in [-0.39, 0.29) is 11.9 Å². The molecule has 0 aromatic carbocycles. The summed E-state index contributed by atoms with van der Waals surface area (Å²) in [5, 5.41) is 6.21. The Morgan fingerprint density at radius 1 is 1.40 bits per heavy atom. The zero-order valence-electron chi connectivity index (χ0n) is 13.1. The average molecular weight is 284 g/mol. The van der Waals surface area contributed by atoms with Gasteiger partial charge in [0.15, 0.2) is 0 Å². The van der Waals surface area contributed by atoms with Gasteiger partial charge in [-0.3, -0.25) is 4.79 Å². The van der Waals surface area contributed by atoms with E-state index in [9.17, 15) is 9.59 Å². The maximum atomic E-state index is 12.6. The van der Waals surface area contributed by atoms with Crippen molar-refractivity contribution in [2.45, 2.75) is 64.5 Å². The summed E-state index contributed by atoms with van der Waals surface area (Å²) in [5.41, 5.74) is -0.502. The van der Waals surface area contributed by atoms with Crippen LogP contribution in [0.2, 0.25) is 0 Å². The van der Waals surface area contributed by atoms with Crippen LogP contribution in [0.1, 0.15) is 52.9 Å². The lowest BCUT2D eigenvalue weighted by Crippen LogP contribution is -2.57. The van der Waals surface area contributed by atoms with Crippen LogP contribution >= 0.6 is 0 Å². The summed E-state index contributed by atoms with van der Waals surface area (Å²) in [4.78, 5) is 24.4. The van der Waals surface area contributed by atoms with Gasteiger partial charge in [0, 0.05) is 0 Å². The second kappa shape index (κ2) is 7.62. The second-order valence-electron chi connectivity index (χ2n) is 6.04. The van der Waals surface area contributed by atoms with Crippen molar-refractivity contribution in [2.24, 2.45) is 5.92 Å². The molecule has 1 aliphatic rings. The van der Waals surface area contributed by atoms with Crippen LogP contribution in [-0.4, -0.2) is 37.1 Å². The maximum Gasteiger partial charge on any atom is 0.328 e. The van der Waals surface area contributed by atoms with Gasteiger partial charge in [-0.05, 0) is 38.1 Å². The Morgan fingerprint density at radius 3 is 2.55 bits per heavy atom. The van der Waals surface area contributed by atoms with Gasteiger partial charge in [0.1, 0.15) is 6.04 Å². The molecule has 1 aliphatic heterocycles. The van der Waals surface area contributed by atoms with E-state index in [4.69, 9.17) is 4.74 Å². The van der Waals surface area contributed by atoms with Crippen LogP contribution in [-0.2, 0) is 14.3 Å². The Labute approximate surface area is 121 Å². The van der Waals surface area contributed by atoms with Crippen LogP contribution in [0.25, 0.3) is 0 Å². The van der Waals surface area contributed by atoms with E-state index in [0.29, 0.717) is 12.3 Å². The van der Waals surface area contributed by atoms with Crippen molar-refractivity contribution < 1.29 is 14.3 Å². The lowest BCUT2D eigenvalue weighted by molar-refractivity contribution is -0.146. The number of carbonyl (C=O) groups is 2. The number of ether oxygens (including phenoxy) is 1. The number of esters is 1. The normalized spacial score (nSPS) is 23.6. The van der Waals surface area contributed by atoms with Gasteiger partial charge in [-0.25, -0.2) is 4.79 Å². The number of hydrogen-bond donors (Lipinski definition) is 2. The molecule has 1 saturated heterocycles. The summed E-state index contributed by atoms with van der Waals surface area (Å²) in [6, 6.07) is -0.552. The van der Waals surface area contributed by atoms with Crippen LogP contribution in [0.5, 0.6) is 0 Å². The monoisotopic (exact) mass is 284 g/mol. The molecule has 2 unspecified atom stereocenters. The highest BCUT2D eigenvalue weighted by Gasteiger charge is 2.41. The number of amides is 1. The summed E-state index contributed by atoms with van der Waals surface area (Å²) >= 11 is 0. The SMILES string of the molecule is CCCC1(C(=O)NC(CC(C)C)C(=O)OC)CCCN1. The van der Waals surface area contributed by atoms with Crippen LogP contribution in [0.15, 0.2) is 0 Å². The van der Waals surface area contributed by atoms with Crippen molar-refractivity contribution in [3.63, 3.8) is 0 Å². The molecule has 20 heavy (non-hydrogen) atoms. The van der Waals surface area contributed by atoms with Crippen LogP contribution in [0.3, 0.4) is 0 Å². The lowest BCUT2D eigenvalue weighted by atomic mass is 9.90. The molecule has 0 aliphatic carbocycles. The summed E-state index contributed by atoms with van der Waals surface area (Å²) in [7, 11) is 1.36. The molecule has 0 aromatic heterocycles. The molecule has 0 radical (unpaired) electrons. The van der Waals surface area contributed by atoms with E-state index in [0.717, 1.165) is 32.2 Å². The first-order valence-electron chi connectivity index (χ1n) is 7.59. The van der Waals surface area contributed by atoms with E-state index in [1.165, 1.54) is 7.11 Å². The van der Waals surface area contributed by atoms with E-state index >= 15 is 0 Å². The number of nitrogens with one attached hydrogen (secondary N) is 2. The van der Waals surface area contributed by atoms with Crippen molar-refractivity contribution in [3.05, 3.63) is 0 Å².